The van der Waals surface area contributed by atoms with E-state index >= 15 is 0 Å². The van der Waals surface area contributed by atoms with Crippen molar-refractivity contribution in [2.75, 3.05) is 25.2 Å². The standard InChI is InChI=1S/C31H42FN3O4S/c1-3-21-7-6-8-23(15-21)31(11-12-31)33-20-28(36)27-18-22-16-24(32)19-25(17-22)39-13-5-4-9-29(37)34-26(10-14-40-2)30(38)35-27/h6-8,15-17,19,26-28,33,36H,3-5,9-14,18,20H2,1-2H3,(H,34,37)(H,35,38)/t26?,27-,28+/m0/s1. The van der Waals surface area contributed by atoms with Crippen LogP contribution in [0, 0.1) is 5.82 Å². The Morgan fingerprint density at radius 2 is 2.00 bits per heavy atom. The van der Waals surface area contributed by atoms with Crippen LogP contribution >= 0.6 is 11.8 Å². The first-order valence-electron chi connectivity index (χ1n) is 14.4. The van der Waals surface area contributed by atoms with E-state index in [0.717, 1.165) is 19.3 Å². The molecule has 7 nitrogen and oxygen atoms in total. The summed E-state index contributed by atoms with van der Waals surface area (Å²) < 4.78 is 20.3. The molecule has 2 amide bonds. The SMILES string of the molecule is CCc1cccc(C2(NC[C@@H](O)[C@@H]3Cc4cc(F)cc(c4)OCCCCC(=O)NC(CCSC)C(=O)N3)CC2)c1. The summed E-state index contributed by atoms with van der Waals surface area (Å²) in [6.07, 6.45) is 6.10. The van der Waals surface area contributed by atoms with Gasteiger partial charge in [-0.25, -0.2) is 4.39 Å². The van der Waals surface area contributed by atoms with Gasteiger partial charge in [0, 0.05) is 24.6 Å². The number of hydrogen-bond acceptors (Lipinski definition) is 6. The first-order chi connectivity index (χ1) is 19.3. The fraction of sp³-hybridized carbons (Fsp3) is 0.548. The van der Waals surface area contributed by atoms with E-state index in [4.69, 9.17) is 4.74 Å². The predicted octanol–water partition coefficient (Wildman–Crippen LogP) is 3.86. The monoisotopic (exact) mass is 571 g/mol. The largest absolute Gasteiger partial charge is 0.493 e. The number of ether oxygens (including phenoxy) is 1. The van der Waals surface area contributed by atoms with Crippen LogP contribution in [-0.2, 0) is 28.0 Å². The molecule has 2 aliphatic rings. The Hall–Kier alpha value is -2.62. The van der Waals surface area contributed by atoms with Gasteiger partial charge in [0.1, 0.15) is 17.6 Å². The van der Waals surface area contributed by atoms with Crippen molar-refractivity contribution >= 4 is 23.6 Å². The van der Waals surface area contributed by atoms with E-state index < -0.39 is 24.0 Å². The van der Waals surface area contributed by atoms with E-state index in [9.17, 15) is 19.1 Å². The van der Waals surface area contributed by atoms with Gasteiger partial charge in [-0.05, 0) is 85.8 Å². The topological polar surface area (TPSA) is 99.7 Å². The molecule has 0 spiro atoms. The molecule has 1 saturated carbocycles. The summed E-state index contributed by atoms with van der Waals surface area (Å²) in [4.78, 5) is 26.1. The summed E-state index contributed by atoms with van der Waals surface area (Å²) >= 11 is 1.60. The number of nitrogens with one attached hydrogen (secondary N) is 3. The number of aliphatic hydroxyl groups is 1. The lowest BCUT2D eigenvalue weighted by Gasteiger charge is -2.29. The number of carbonyl (C=O) groups is 2. The Kier molecular flexibility index (Phi) is 10.9. The third-order valence-electron chi connectivity index (χ3n) is 7.80. The van der Waals surface area contributed by atoms with Crippen molar-refractivity contribution in [3.63, 3.8) is 0 Å². The Labute approximate surface area is 241 Å². The zero-order valence-corrected chi connectivity index (χ0v) is 24.3. The molecule has 218 valence electrons. The second-order valence-corrected chi connectivity index (χ2v) is 11.9. The van der Waals surface area contributed by atoms with Gasteiger partial charge in [-0.2, -0.15) is 11.8 Å². The fourth-order valence-electron chi connectivity index (χ4n) is 5.21. The van der Waals surface area contributed by atoms with Crippen molar-refractivity contribution in [3.8, 4) is 5.75 Å². The average molecular weight is 572 g/mol. The molecule has 1 heterocycles. The molecule has 4 N–H and O–H groups in total. The van der Waals surface area contributed by atoms with Crippen molar-refractivity contribution in [3.05, 3.63) is 65.0 Å². The van der Waals surface area contributed by atoms with Crippen LogP contribution in [0.5, 0.6) is 5.75 Å². The molecule has 3 atom stereocenters. The van der Waals surface area contributed by atoms with E-state index in [-0.39, 0.29) is 36.7 Å². The molecular formula is C31H42FN3O4S. The van der Waals surface area contributed by atoms with Gasteiger partial charge in [-0.3, -0.25) is 9.59 Å². The van der Waals surface area contributed by atoms with Crippen molar-refractivity contribution < 1.29 is 23.8 Å². The normalized spacial score (nSPS) is 22.2. The Bertz CT molecular complexity index is 1160. The predicted molar refractivity (Wildman–Crippen MR) is 157 cm³/mol. The highest BCUT2D eigenvalue weighted by Gasteiger charge is 2.44. The minimum Gasteiger partial charge on any atom is -0.493 e. The molecule has 1 aliphatic heterocycles. The van der Waals surface area contributed by atoms with E-state index in [2.05, 4.69) is 47.1 Å². The van der Waals surface area contributed by atoms with E-state index in [1.165, 1.54) is 23.3 Å². The van der Waals surface area contributed by atoms with Crippen molar-refractivity contribution in [2.24, 2.45) is 0 Å². The van der Waals surface area contributed by atoms with Crippen LogP contribution in [0.25, 0.3) is 0 Å². The first-order valence-corrected chi connectivity index (χ1v) is 15.7. The highest BCUT2D eigenvalue weighted by atomic mass is 32.2. The number of fused-ring (bicyclic) bond motifs is 2. The Morgan fingerprint density at radius 1 is 1.18 bits per heavy atom. The molecule has 1 unspecified atom stereocenters. The average Bonchev–Trinajstić information content (AvgIpc) is 3.74. The van der Waals surface area contributed by atoms with Gasteiger partial charge in [0.25, 0.3) is 0 Å². The summed E-state index contributed by atoms with van der Waals surface area (Å²) in [6, 6.07) is 11.6. The minimum absolute atomic E-state index is 0.188. The highest BCUT2D eigenvalue weighted by molar-refractivity contribution is 7.98. The molecule has 1 aliphatic carbocycles. The van der Waals surface area contributed by atoms with Crippen LogP contribution in [0.2, 0.25) is 0 Å². The lowest BCUT2D eigenvalue weighted by atomic mass is 9.98. The number of hydrogen-bond donors (Lipinski definition) is 4. The number of halogens is 1. The summed E-state index contributed by atoms with van der Waals surface area (Å²) in [5.74, 6) is 0.139. The third kappa shape index (κ3) is 8.44. The van der Waals surface area contributed by atoms with Crippen LogP contribution in [0.1, 0.15) is 62.1 Å². The molecule has 40 heavy (non-hydrogen) atoms. The van der Waals surface area contributed by atoms with Gasteiger partial charge in [0.05, 0.1) is 18.8 Å². The highest BCUT2D eigenvalue weighted by Crippen LogP contribution is 2.45. The molecule has 2 bridgehead atoms. The van der Waals surface area contributed by atoms with Crippen LogP contribution < -0.4 is 20.7 Å². The van der Waals surface area contributed by atoms with Crippen molar-refractivity contribution in [1.82, 2.24) is 16.0 Å². The molecule has 0 aromatic heterocycles. The summed E-state index contributed by atoms with van der Waals surface area (Å²) in [7, 11) is 0. The second kappa shape index (κ2) is 14.3. The van der Waals surface area contributed by atoms with E-state index in [1.54, 1.807) is 17.8 Å². The summed E-state index contributed by atoms with van der Waals surface area (Å²) in [5.41, 5.74) is 2.90. The zero-order chi connectivity index (χ0) is 28.5. The minimum atomic E-state index is -0.948. The van der Waals surface area contributed by atoms with Crippen molar-refractivity contribution in [2.45, 2.75) is 82.0 Å². The van der Waals surface area contributed by atoms with Gasteiger partial charge in [-0.15, -0.1) is 0 Å². The van der Waals surface area contributed by atoms with Gasteiger partial charge in [0.2, 0.25) is 11.8 Å². The number of aliphatic hydroxyl groups excluding tert-OH is 1. The smallest absolute Gasteiger partial charge is 0.242 e. The van der Waals surface area contributed by atoms with Crippen LogP contribution in [0.15, 0.2) is 42.5 Å². The molecule has 0 radical (unpaired) electrons. The molecule has 0 saturated heterocycles. The molecule has 9 heteroatoms. The van der Waals surface area contributed by atoms with Crippen molar-refractivity contribution in [1.29, 1.82) is 0 Å². The molecular weight excluding hydrogens is 529 g/mol. The van der Waals surface area contributed by atoms with Gasteiger partial charge >= 0.3 is 0 Å². The number of aryl methyl sites for hydroxylation is 1. The molecule has 2 aromatic rings. The number of benzene rings is 2. The van der Waals surface area contributed by atoms with Gasteiger partial charge < -0.3 is 25.8 Å². The Balaban J connectivity index is 1.55. The maximum atomic E-state index is 14.5. The molecule has 2 aromatic carbocycles. The zero-order valence-electron chi connectivity index (χ0n) is 23.5. The lowest BCUT2D eigenvalue weighted by Crippen LogP contribution is -2.55. The van der Waals surface area contributed by atoms with Gasteiger partial charge in [-0.1, -0.05) is 31.2 Å². The first kappa shape index (κ1) is 30.3. The quantitative estimate of drug-likeness (QED) is 0.365. The number of carbonyl (C=O) groups excluding carboxylic acids is 2. The van der Waals surface area contributed by atoms with Crippen LogP contribution in [0.3, 0.4) is 0 Å². The number of amides is 2. The third-order valence-corrected chi connectivity index (χ3v) is 8.44. The summed E-state index contributed by atoms with van der Waals surface area (Å²) in [5, 5.41) is 20.8. The fourth-order valence-corrected chi connectivity index (χ4v) is 5.69. The molecule has 4 rings (SSSR count). The Morgan fingerprint density at radius 3 is 2.75 bits per heavy atom. The number of rotatable bonds is 9. The van der Waals surface area contributed by atoms with E-state index in [0.29, 0.717) is 42.9 Å². The second-order valence-electron chi connectivity index (χ2n) is 10.9. The summed E-state index contributed by atoms with van der Waals surface area (Å²) in [6.45, 7) is 2.74. The maximum Gasteiger partial charge on any atom is 0.242 e. The van der Waals surface area contributed by atoms with Crippen LogP contribution in [-0.4, -0.2) is 60.3 Å². The van der Waals surface area contributed by atoms with E-state index in [1.807, 2.05) is 6.26 Å². The lowest BCUT2D eigenvalue weighted by molar-refractivity contribution is -0.130. The van der Waals surface area contributed by atoms with Gasteiger partial charge in [0.15, 0.2) is 0 Å². The maximum absolute atomic E-state index is 14.5. The number of thioether (sulfide) groups is 1. The van der Waals surface area contributed by atoms with Crippen LogP contribution in [0.4, 0.5) is 4.39 Å². The molecule has 1 fully saturated rings.